The summed E-state index contributed by atoms with van der Waals surface area (Å²) in [5.74, 6) is -1.81. The van der Waals surface area contributed by atoms with Crippen LogP contribution in [0, 0.1) is 10.1 Å². The Bertz CT molecular complexity index is 1050. The summed E-state index contributed by atoms with van der Waals surface area (Å²) in [6.45, 7) is 4.44. The number of ketones is 1. The largest absolute Gasteiger partial charge is 0.507 e. The third kappa shape index (κ3) is 5.05. The lowest BCUT2D eigenvalue weighted by Gasteiger charge is -2.25. The molecule has 2 aromatic rings. The number of nitro groups is 1. The molecule has 32 heavy (non-hydrogen) atoms. The molecule has 3 rings (SSSR count). The number of carbonyl (C=O) groups excluding carboxylic acids is 2. The number of nitro benzene ring substituents is 1. The van der Waals surface area contributed by atoms with Crippen LogP contribution in [-0.2, 0) is 14.3 Å². The monoisotopic (exact) mass is 502 g/mol. The van der Waals surface area contributed by atoms with E-state index in [1.165, 1.54) is 29.2 Å². The van der Waals surface area contributed by atoms with E-state index in [0.717, 1.165) is 4.47 Å². The molecule has 8 nitrogen and oxygen atoms in total. The second-order valence-electron chi connectivity index (χ2n) is 7.62. The number of halogens is 1. The number of hydrogen-bond donors (Lipinski definition) is 1. The van der Waals surface area contributed by atoms with Gasteiger partial charge in [-0.1, -0.05) is 28.1 Å². The van der Waals surface area contributed by atoms with Crippen molar-refractivity contribution in [2.75, 3.05) is 13.2 Å². The van der Waals surface area contributed by atoms with Crippen molar-refractivity contribution in [3.63, 3.8) is 0 Å². The summed E-state index contributed by atoms with van der Waals surface area (Å²) in [6.07, 6.45) is 0.529. The molecule has 1 aliphatic heterocycles. The first-order valence-corrected chi connectivity index (χ1v) is 10.9. The maximum Gasteiger partial charge on any atom is 0.295 e. The molecule has 1 heterocycles. The Morgan fingerprint density at radius 1 is 1.16 bits per heavy atom. The Morgan fingerprint density at radius 2 is 1.78 bits per heavy atom. The Balaban J connectivity index is 2.04. The summed E-state index contributed by atoms with van der Waals surface area (Å²) in [6, 6.07) is 11.5. The zero-order chi connectivity index (χ0) is 23.4. The van der Waals surface area contributed by atoms with Gasteiger partial charge in [-0.05, 0) is 50.1 Å². The summed E-state index contributed by atoms with van der Waals surface area (Å²) in [7, 11) is 0. The van der Waals surface area contributed by atoms with Crippen molar-refractivity contribution in [2.24, 2.45) is 0 Å². The molecule has 2 aromatic carbocycles. The molecule has 1 fully saturated rings. The molecule has 0 aliphatic carbocycles. The van der Waals surface area contributed by atoms with Gasteiger partial charge in [0.25, 0.3) is 17.4 Å². The first-order valence-electron chi connectivity index (χ1n) is 10.1. The number of likely N-dealkylation sites (tertiary alicyclic amines) is 1. The van der Waals surface area contributed by atoms with Gasteiger partial charge in [0.15, 0.2) is 0 Å². The summed E-state index contributed by atoms with van der Waals surface area (Å²) in [5, 5.41) is 22.0. The minimum absolute atomic E-state index is 0.0355. The fraction of sp³-hybridized carbons (Fsp3) is 0.304. The van der Waals surface area contributed by atoms with E-state index < -0.39 is 22.7 Å². The van der Waals surface area contributed by atoms with Gasteiger partial charge in [-0.25, -0.2) is 0 Å². The van der Waals surface area contributed by atoms with Crippen molar-refractivity contribution < 1.29 is 24.4 Å². The lowest BCUT2D eigenvalue weighted by Crippen LogP contribution is -2.31. The van der Waals surface area contributed by atoms with Crippen LogP contribution < -0.4 is 0 Å². The molecule has 1 atom stereocenters. The summed E-state index contributed by atoms with van der Waals surface area (Å²) >= 11 is 3.33. The number of rotatable bonds is 8. The molecule has 0 spiro atoms. The van der Waals surface area contributed by atoms with E-state index in [-0.39, 0.29) is 29.7 Å². The molecule has 1 amide bonds. The maximum absolute atomic E-state index is 12.9. The predicted molar refractivity (Wildman–Crippen MR) is 122 cm³/mol. The minimum atomic E-state index is -0.862. The Morgan fingerprint density at radius 3 is 2.34 bits per heavy atom. The first-order chi connectivity index (χ1) is 15.2. The van der Waals surface area contributed by atoms with E-state index in [2.05, 4.69) is 15.9 Å². The molecular weight excluding hydrogens is 480 g/mol. The van der Waals surface area contributed by atoms with Crippen LogP contribution in [0.2, 0.25) is 0 Å². The second kappa shape index (κ2) is 10.1. The van der Waals surface area contributed by atoms with Gasteiger partial charge >= 0.3 is 0 Å². The maximum atomic E-state index is 12.9. The van der Waals surface area contributed by atoms with Crippen LogP contribution in [0.3, 0.4) is 0 Å². The molecular formula is C23H23BrN2O6. The second-order valence-corrected chi connectivity index (χ2v) is 8.54. The summed E-state index contributed by atoms with van der Waals surface area (Å²) in [5.41, 5.74) is 0.736. The van der Waals surface area contributed by atoms with Crippen LogP contribution in [0.25, 0.3) is 5.76 Å². The zero-order valence-corrected chi connectivity index (χ0v) is 19.2. The number of hydrogen-bond acceptors (Lipinski definition) is 6. The molecule has 1 N–H and O–H groups in total. The van der Waals surface area contributed by atoms with E-state index in [4.69, 9.17) is 4.74 Å². The third-order valence-corrected chi connectivity index (χ3v) is 5.60. The van der Waals surface area contributed by atoms with Gasteiger partial charge in [0.05, 0.1) is 22.6 Å². The quantitative estimate of drug-likeness (QED) is 0.141. The highest BCUT2D eigenvalue weighted by molar-refractivity contribution is 9.10. The van der Waals surface area contributed by atoms with Crippen LogP contribution >= 0.6 is 15.9 Å². The van der Waals surface area contributed by atoms with Crippen LogP contribution in [0.15, 0.2) is 58.6 Å². The molecule has 0 radical (unpaired) electrons. The van der Waals surface area contributed by atoms with Crippen LogP contribution in [0.4, 0.5) is 5.69 Å². The smallest absolute Gasteiger partial charge is 0.295 e. The van der Waals surface area contributed by atoms with Gasteiger partial charge in [0, 0.05) is 35.3 Å². The van der Waals surface area contributed by atoms with Crippen LogP contribution in [0.1, 0.15) is 37.4 Å². The number of nitrogens with zero attached hydrogens (tertiary/aromatic N) is 2. The minimum Gasteiger partial charge on any atom is -0.507 e. The van der Waals surface area contributed by atoms with Crippen molar-refractivity contribution in [3.05, 3.63) is 79.8 Å². The lowest BCUT2D eigenvalue weighted by atomic mass is 9.95. The Hall–Kier alpha value is -3.04. The number of benzene rings is 2. The first kappa shape index (κ1) is 23.6. The SMILES string of the molecule is CC(C)OCCCN1C(=O)C(=O)C(=C(O)c2ccc(Br)cc2)[C@@H]1c1ccc([N+](=O)[O-])cc1. The highest BCUT2D eigenvalue weighted by atomic mass is 79.9. The molecule has 0 aromatic heterocycles. The molecule has 0 bridgehead atoms. The standard InChI is InChI=1S/C23H23BrN2O6/c1-14(2)32-13-3-12-25-20(15-6-10-18(11-7-15)26(30)31)19(22(28)23(25)29)21(27)16-4-8-17(24)9-5-16/h4-11,14,20,27H,3,12-13H2,1-2H3/t20-/m0/s1. The van der Waals surface area contributed by atoms with E-state index >= 15 is 0 Å². The highest BCUT2D eigenvalue weighted by Crippen LogP contribution is 2.40. The normalized spacial score (nSPS) is 17.9. The molecule has 1 aliphatic rings. The molecule has 0 unspecified atom stereocenters. The van der Waals surface area contributed by atoms with Crippen molar-refractivity contribution in [2.45, 2.75) is 32.4 Å². The van der Waals surface area contributed by atoms with Crippen LogP contribution in [0.5, 0.6) is 0 Å². The fourth-order valence-corrected chi connectivity index (χ4v) is 3.82. The van der Waals surface area contributed by atoms with Crippen molar-refractivity contribution in [3.8, 4) is 0 Å². The van der Waals surface area contributed by atoms with Gasteiger partial charge in [0.1, 0.15) is 5.76 Å². The van der Waals surface area contributed by atoms with Crippen molar-refractivity contribution in [1.82, 2.24) is 4.90 Å². The Kier molecular flexibility index (Phi) is 7.42. The molecule has 0 saturated carbocycles. The average molecular weight is 503 g/mol. The van der Waals surface area contributed by atoms with E-state index in [9.17, 15) is 24.8 Å². The topological polar surface area (TPSA) is 110 Å². The van der Waals surface area contributed by atoms with Gasteiger partial charge in [-0.15, -0.1) is 0 Å². The third-order valence-electron chi connectivity index (χ3n) is 5.07. The van der Waals surface area contributed by atoms with E-state index in [0.29, 0.717) is 24.2 Å². The van der Waals surface area contributed by atoms with E-state index in [1.807, 2.05) is 13.8 Å². The van der Waals surface area contributed by atoms with Gasteiger partial charge in [-0.3, -0.25) is 19.7 Å². The number of ether oxygens (including phenoxy) is 1. The number of amides is 1. The molecule has 1 saturated heterocycles. The number of carbonyl (C=O) groups is 2. The van der Waals surface area contributed by atoms with Crippen LogP contribution in [-0.4, -0.2) is 45.9 Å². The number of aliphatic hydroxyl groups is 1. The lowest BCUT2D eigenvalue weighted by molar-refractivity contribution is -0.384. The van der Waals surface area contributed by atoms with Crippen molar-refractivity contribution in [1.29, 1.82) is 0 Å². The average Bonchev–Trinajstić information content (AvgIpc) is 3.01. The van der Waals surface area contributed by atoms with Gasteiger partial charge in [0.2, 0.25) is 0 Å². The van der Waals surface area contributed by atoms with Crippen molar-refractivity contribution >= 4 is 39.1 Å². The zero-order valence-electron chi connectivity index (χ0n) is 17.7. The van der Waals surface area contributed by atoms with Gasteiger partial charge in [-0.2, -0.15) is 0 Å². The molecule has 9 heteroatoms. The molecule has 168 valence electrons. The fourth-order valence-electron chi connectivity index (χ4n) is 3.55. The predicted octanol–water partition coefficient (Wildman–Crippen LogP) is 4.59. The van der Waals surface area contributed by atoms with E-state index in [1.54, 1.807) is 24.3 Å². The highest BCUT2D eigenvalue weighted by Gasteiger charge is 2.45. The van der Waals surface area contributed by atoms with Gasteiger partial charge < -0.3 is 14.7 Å². The number of Topliss-reactive ketones (excluding diaryl/α,β-unsaturated/α-hetero) is 1. The summed E-state index contributed by atoms with van der Waals surface area (Å²) < 4.78 is 6.34. The number of aliphatic hydroxyl groups excluding tert-OH is 1. The Labute approximate surface area is 193 Å². The summed E-state index contributed by atoms with van der Waals surface area (Å²) in [4.78, 5) is 37.7. The number of non-ortho nitro benzene ring substituents is 1.